The minimum atomic E-state index is -1.62. The number of rotatable bonds is 7. The third-order valence-electron chi connectivity index (χ3n) is 5.03. The number of nitrogens with one attached hydrogen (secondary N) is 2. The molecule has 2 fully saturated rings. The second kappa shape index (κ2) is 10.7. The van der Waals surface area contributed by atoms with Crippen LogP contribution < -0.4 is 10.6 Å². The topological polar surface area (TPSA) is 196 Å². The predicted molar refractivity (Wildman–Crippen MR) is 96.6 cm³/mol. The van der Waals surface area contributed by atoms with Gasteiger partial charge in [0.15, 0.2) is 12.6 Å². The quantitative estimate of drug-likeness (QED) is 0.202. The Kier molecular flexibility index (Phi) is 8.90. The van der Waals surface area contributed by atoms with E-state index in [1.807, 2.05) is 0 Å². The molecule has 174 valence electrons. The van der Waals surface area contributed by atoms with Crippen LogP contribution in [0.3, 0.4) is 0 Å². The third-order valence-corrected chi connectivity index (χ3v) is 5.03. The van der Waals surface area contributed by atoms with Crippen LogP contribution in [0.4, 0.5) is 0 Å². The Labute approximate surface area is 172 Å². The molecule has 0 saturated carbocycles. The fourth-order valence-corrected chi connectivity index (χ4v) is 3.66. The highest BCUT2D eigenvalue weighted by Gasteiger charge is 2.51. The zero-order chi connectivity index (χ0) is 22.6. The fourth-order valence-electron chi connectivity index (χ4n) is 3.66. The molecule has 30 heavy (non-hydrogen) atoms. The maximum Gasteiger partial charge on any atom is 0.217 e. The molecular formula is C17H30N2O11. The van der Waals surface area contributed by atoms with Gasteiger partial charge in [-0.15, -0.1) is 0 Å². The van der Waals surface area contributed by atoms with Gasteiger partial charge in [0.25, 0.3) is 0 Å². The lowest BCUT2D eigenvalue weighted by molar-refractivity contribution is -0.329. The number of carbonyl (C=O) groups excluding carboxylic acids is 2. The summed E-state index contributed by atoms with van der Waals surface area (Å²) in [6, 6.07) is -2.43. The van der Waals surface area contributed by atoms with E-state index in [9.17, 15) is 35.1 Å². The van der Waals surface area contributed by atoms with Gasteiger partial charge < -0.3 is 55.1 Å². The number of aliphatic hydroxyl groups excluding tert-OH is 5. The molecule has 10 atom stereocenters. The Hall–Kier alpha value is -1.42. The maximum atomic E-state index is 11.6. The highest BCUT2D eigenvalue weighted by Crippen LogP contribution is 2.29. The zero-order valence-corrected chi connectivity index (χ0v) is 16.9. The van der Waals surface area contributed by atoms with Gasteiger partial charge in [-0.05, 0) is 0 Å². The molecule has 0 bridgehead atoms. The second-order valence-electron chi connectivity index (χ2n) is 7.21. The van der Waals surface area contributed by atoms with Crippen molar-refractivity contribution >= 4 is 11.8 Å². The van der Waals surface area contributed by atoms with E-state index in [1.165, 1.54) is 21.0 Å². The summed E-state index contributed by atoms with van der Waals surface area (Å²) in [5.74, 6) is -1.06. The molecule has 13 heteroatoms. The fraction of sp³-hybridized carbons (Fsp3) is 0.882. The second-order valence-corrected chi connectivity index (χ2v) is 7.21. The Bertz CT molecular complexity index is 594. The highest BCUT2D eigenvalue weighted by atomic mass is 16.7. The number of methoxy groups -OCH3 is 1. The molecule has 13 nitrogen and oxygen atoms in total. The number of amides is 2. The Morgan fingerprint density at radius 3 is 1.87 bits per heavy atom. The van der Waals surface area contributed by atoms with Crippen LogP contribution in [0.25, 0.3) is 0 Å². The van der Waals surface area contributed by atoms with Crippen molar-refractivity contribution in [2.75, 3.05) is 20.3 Å². The Morgan fingerprint density at radius 1 is 0.867 bits per heavy atom. The van der Waals surface area contributed by atoms with E-state index in [0.717, 1.165) is 0 Å². The van der Waals surface area contributed by atoms with E-state index < -0.39 is 86.3 Å². The van der Waals surface area contributed by atoms with Crippen LogP contribution in [0.1, 0.15) is 13.8 Å². The summed E-state index contributed by atoms with van der Waals surface area (Å²) in [4.78, 5) is 23.0. The van der Waals surface area contributed by atoms with Crippen LogP contribution in [0.2, 0.25) is 0 Å². The lowest BCUT2D eigenvalue weighted by Gasteiger charge is -2.47. The summed E-state index contributed by atoms with van der Waals surface area (Å²) in [5.41, 5.74) is 0. The molecule has 4 unspecified atom stereocenters. The van der Waals surface area contributed by atoms with E-state index >= 15 is 0 Å². The summed E-state index contributed by atoms with van der Waals surface area (Å²) in [5, 5.41) is 55.3. The normalized spacial score (nSPS) is 41.9. The summed E-state index contributed by atoms with van der Waals surface area (Å²) >= 11 is 0. The average Bonchev–Trinajstić information content (AvgIpc) is 2.68. The maximum absolute atomic E-state index is 11.6. The molecule has 7 N–H and O–H groups in total. The molecule has 0 radical (unpaired) electrons. The van der Waals surface area contributed by atoms with Crippen molar-refractivity contribution in [1.82, 2.24) is 10.6 Å². The van der Waals surface area contributed by atoms with Crippen molar-refractivity contribution in [3.05, 3.63) is 0 Å². The van der Waals surface area contributed by atoms with Gasteiger partial charge >= 0.3 is 0 Å². The molecule has 2 heterocycles. The molecule has 0 aromatic rings. The minimum absolute atomic E-state index is 0.515. The first-order chi connectivity index (χ1) is 14.1. The Morgan fingerprint density at radius 2 is 1.37 bits per heavy atom. The first-order valence-electron chi connectivity index (χ1n) is 9.43. The molecule has 2 amide bonds. The average molecular weight is 438 g/mol. The largest absolute Gasteiger partial charge is 0.394 e. The van der Waals surface area contributed by atoms with Gasteiger partial charge in [-0.1, -0.05) is 0 Å². The standard InChI is InChI=1S/C17H30N2O11/c1-6(22)18-10-12(24)15(9(5-21)28-16(10)26)30-17-11(19-7(2)23)13(25)14(27-3)8(4-20)29-17/h8-17,20-21,24-26H,4-5H2,1-3H3,(H,18,22)(H,19,23)/t8?,9-,10?,11?,12?,13+,14+,15+,16+,17-/m0/s1. The minimum Gasteiger partial charge on any atom is -0.394 e. The molecule has 0 aromatic heterocycles. The third kappa shape index (κ3) is 5.43. The van der Waals surface area contributed by atoms with Gasteiger partial charge in [0.05, 0.1) is 13.2 Å². The van der Waals surface area contributed by atoms with Gasteiger partial charge in [-0.2, -0.15) is 0 Å². The van der Waals surface area contributed by atoms with Crippen molar-refractivity contribution in [1.29, 1.82) is 0 Å². The van der Waals surface area contributed by atoms with E-state index in [4.69, 9.17) is 18.9 Å². The summed E-state index contributed by atoms with van der Waals surface area (Å²) in [7, 11) is 1.30. The summed E-state index contributed by atoms with van der Waals surface area (Å²) in [6.45, 7) is 1.19. The molecule has 0 spiro atoms. The molecule has 2 aliphatic heterocycles. The van der Waals surface area contributed by atoms with Crippen LogP contribution in [-0.2, 0) is 28.5 Å². The Balaban J connectivity index is 2.28. The van der Waals surface area contributed by atoms with E-state index in [2.05, 4.69) is 10.6 Å². The SMILES string of the molecule is CO[C@@H]1C(CO)O[C@@H](O[C@H]2C(O)C(NC(C)=O)[C@H](O)O[C@H]2CO)C(NC(C)=O)[C@H]1O. The summed E-state index contributed by atoms with van der Waals surface area (Å²) < 4.78 is 21.8. The molecule has 2 aliphatic rings. The zero-order valence-electron chi connectivity index (χ0n) is 16.9. The van der Waals surface area contributed by atoms with Crippen molar-refractivity contribution < 1.29 is 54.1 Å². The molecule has 0 aromatic carbocycles. The predicted octanol–water partition coefficient (Wildman–Crippen LogP) is -4.46. The first-order valence-corrected chi connectivity index (χ1v) is 9.43. The van der Waals surface area contributed by atoms with E-state index in [1.54, 1.807) is 0 Å². The lowest BCUT2D eigenvalue weighted by Crippen LogP contribution is -2.69. The molecule has 2 saturated heterocycles. The van der Waals surface area contributed by atoms with Crippen LogP contribution >= 0.6 is 0 Å². The monoisotopic (exact) mass is 438 g/mol. The molecule has 0 aliphatic carbocycles. The first kappa shape index (κ1) is 24.8. The van der Waals surface area contributed by atoms with Crippen molar-refractivity contribution in [2.24, 2.45) is 0 Å². The van der Waals surface area contributed by atoms with Crippen molar-refractivity contribution in [3.63, 3.8) is 0 Å². The number of ether oxygens (including phenoxy) is 4. The molecular weight excluding hydrogens is 408 g/mol. The highest BCUT2D eigenvalue weighted by molar-refractivity contribution is 5.73. The van der Waals surface area contributed by atoms with Crippen LogP contribution in [-0.4, -0.2) is 119 Å². The van der Waals surface area contributed by atoms with Gasteiger partial charge in [0.2, 0.25) is 11.8 Å². The van der Waals surface area contributed by atoms with Crippen molar-refractivity contribution in [3.8, 4) is 0 Å². The van der Waals surface area contributed by atoms with Crippen molar-refractivity contribution in [2.45, 2.75) is 75.1 Å². The smallest absolute Gasteiger partial charge is 0.217 e. The van der Waals surface area contributed by atoms with E-state index in [0.29, 0.717) is 0 Å². The van der Waals surface area contributed by atoms with Crippen LogP contribution in [0.5, 0.6) is 0 Å². The van der Waals surface area contributed by atoms with Crippen LogP contribution in [0, 0.1) is 0 Å². The van der Waals surface area contributed by atoms with E-state index in [-0.39, 0.29) is 0 Å². The lowest BCUT2D eigenvalue weighted by atomic mass is 9.94. The van der Waals surface area contributed by atoms with Gasteiger partial charge in [-0.25, -0.2) is 0 Å². The number of aliphatic hydroxyl groups is 5. The van der Waals surface area contributed by atoms with Crippen LogP contribution in [0.15, 0.2) is 0 Å². The number of carbonyl (C=O) groups is 2. The van der Waals surface area contributed by atoms with Gasteiger partial charge in [0.1, 0.15) is 48.7 Å². The van der Waals surface area contributed by atoms with Gasteiger partial charge in [0, 0.05) is 21.0 Å². The number of hydrogen-bond acceptors (Lipinski definition) is 11. The van der Waals surface area contributed by atoms with Gasteiger partial charge in [-0.3, -0.25) is 9.59 Å². The molecule has 2 rings (SSSR count). The summed E-state index contributed by atoms with van der Waals surface area (Å²) in [6.07, 6.45) is -10.4. The number of hydrogen-bond donors (Lipinski definition) is 7.